The summed E-state index contributed by atoms with van der Waals surface area (Å²) in [6, 6.07) is 0.605. The summed E-state index contributed by atoms with van der Waals surface area (Å²) in [5.74, 6) is 1.58. The summed E-state index contributed by atoms with van der Waals surface area (Å²) in [7, 11) is 0. The minimum Gasteiger partial charge on any atom is -0.389 e. The lowest BCUT2D eigenvalue weighted by molar-refractivity contribution is -0.0318. The van der Waals surface area contributed by atoms with E-state index in [1.165, 1.54) is 57.8 Å². The number of hydrogen-bond acceptors (Lipinski definition) is 3. The van der Waals surface area contributed by atoms with E-state index >= 15 is 0 Å². The zero-order valence-electron chi connectivity index (χ0n) is 14.0. The minimum absolute atomic E-state index is 0.360. The Kier molecular flexibility index (Phi) is 7.48. The lowest BCUT2D eigenvalue weighted by atomic mass is 9.83. The first-order valence-electron chi connectivity index (χ1n) is 9.22. The third-order valence-corrected chi connectivity index (χ3v) is 5.46. The Hall–Kier alpha value is -0.120. The Bertz CT molecular complexity index is 284. The summed E-state index contributed by atoms with van der Waals surface area (Å²) >= 11 is 0. The Labute approximate surface area is 130 Å². The largest absolute Gasteiger partial charge is 0.389 e. The quantitative estimate of drug-likeness (QED) is 0.755. The van der Waals surface area contributed by atoms with E-state index in [4.69, 9.17) is 4.74 Å². The topological polar surface area (TPSA) is 41.5 Å². The smallest absolute Gasteiger partial charge is 0.0897 e. The summed E-state index contributed by atoms with van der Waals surface area (Å²) in [4.78, 5) is 0. The van der Waals surface area contributed by atoms with E-state index in [-0.39, 0.29) is 6.10 Å². The van der Waals surface area contributed by atoms with Crippen molar-refractivity contribution in [2.75, 3.05) is 13.2 Å². The van der Waals surface area contributed by atoms with Gasteiger partial charge in [-0.15, -0.1) is 0 Å². The number of ether oxygens (including phenoxy) is 1. The molecule has 0 radical (unpaired) electrons. The molecule has 0 aromatic heterocycles. The molecule has 2 N–H and O–H groups in total. The van der Waals surface area contributed by atoms with Crippen molar-refractivity contribution < 1.29 is 9.84 Å². The van der Waals surface area contributed by atoms with Gasteiger partial charge in [0.05, 0.1) is 18.8 Å². The first-order valence-corrected chi connectivity index (χ1v) is 9.22. The molecule has 5 atom stereocenters. The van der Waals surface area contributed by atoms with Crippen LogP contribution in [-0.4, -0.2) is 36.5 Å². The molecule has 0 aromatic rings. The summed E-state index contributed by atoms with van der Waals surface area (Å²) in [5, 5.41) is 13.7. The fourth-order valence-electron chi connectivity index (χ4n) is 4.09. The van der Waals surface area contributed by atoms with E-state index in [1.807, 2.05) is 0 Å². The molecule has 3 nitrogen and oxygen atoms in total. The molecule has 0 aromatic carbocycles. The van der Waals surface area contributed by atoms with Gasteiger partial charge in [-0.25, -0.2) is 0 Å². The van der Waals surface area contributed by atoms with Crippen LogP contribution >= 0.6 is 0 Å². The van der Waals surface area contributed by atoms with Crippen molar-refractivity contribution in [3.63, 3.8) is 0 Å². The average molecular weight is 297 g/mol. The van der Waals surface area contributed by atoms with Gasteiger partial charge < -0.3 is 15.2 Å². The van der Waals surface area contributed by atoms with Crippen LogP contribution in [0.5, 0.6) is 0 Å². The van der Waals surface area contributed by atoms with Crippen LogP contribution in [0.1, 0.15) is 71.6 Å². The SMILES string of the molecule is CCC1CCCCC1NCC(O)COC1CCCC(C)C1. The highest BCUT2D eigenvalue weighted by molar-refractivity contribution is 4.81. The first-order chi connectivity index (χ1) is 10.2. The van der Waals surface area contributed by atoms with E-state index in [0.717, 1.165) is 11.8 Å². The second kappa shape index (κ2) is 9.12. The summed E-state index contributed by atoms with van der Waals surface area (Å²) < 4.78 is 5.92. The summed E-state index contributed by atoms with van der Waals surface area (Å²) in [5.41, 5.74) is 0. The van der Waals surface area contributed by atoms with Crippen LogP contribution in [0.3, 0.4) is 0 Å². The fraction of sp³-hybridized carbons (Fsp3) is 1.00. The maximum atomic E-state index is 10.1. The molecule has 0 bridgehead atoms. The van der Waals surface area contributed by atoms with Gasteiger partial charge in [-0.05, 0) is 37.5 Å². The van der Waals surface area contributed by atoms with Crippen LogP contribution in [0, 0.1) is 11.8 Å². The third-order valence-electron chi connectivity index (χ3n) is 5.46. The Balaban J connectivity index is 1.61. The van der Waals surface area contributed by atoms with Gasteiger partial charge in [-0.3, -0.25) is 0 Å². The third kappa shape index (κ3) is 5.88. The summed E-state index contributed by atoms with van der Waals surface area (Å²) in [6.45, 7) is 5.77. The van der Waals surface area contributed by atoms with Gasteiger partial charge in [-0.1, -0.05) is 46.0 Å². The molecule has 0 spiro atoms. The number of aliphatic hydroxyl groups excluding tert-OH is 1. The molecule has 2 saturated carbocycles. The maximum absolute atomic E-state index is 10.1. The molecule has 21 heavy (non-hydrogen) atoms. The lowest BCUT2D eigenvalue weighted by Crippen LogP contribution is -2.43. The second-order valence-corrected chi connectivity index (χ2v) is 7.35. The number of nitrogens with one attached hydrogen (secondary N) is 1. The Morgan fingerprint density at radius 1 is 1.14 bits per heavy atom. The maximum Gasteiger partial charge on any atom is 0.0897 e. The van der Waals surface area contributed by atoms with Gasteiger partial charge in [0.1, 0.15) is 0 Å². The predicted molar refractivity (Wildman–Crippen MR) is 87.4 cm³/mol. The van der Waals surface area contributed by atoms with E-state index in [2.05, 4.69) is 19.2 Å². The molecule has 2 rings (SSSR count). The number of hydrogen-bond donors (Lipinski definition) is 2. The molecule has 0 aliphatic heterocycles. The molecular weight excluding hydrogens is 262 g/mol. The van der Waals surface area contributed by atoms with Gasteiger partial charge in [0.2, 0.25) is 0 Å². The number of aliphatic hydroxyl groups is 1. The molecule has 2 aliphatic carbocycles. The zero-order chi connectivity index (χ0) is 15.1. The lowest BCUT2D eigenvalue weighted by Gasteiger charge is -2.32. The van der Waals surface area contributed by atoms with Crippen molar-refractivity contribution >= 4 is 0 Å². The van der Waals surface area contributed by atoms with Crippen LogP contribution in [0.2, 0.25) is 0 Å². The molecule has 0 heterocycles. The molecule has 0 saturated heterocycles. The van der Waals surface area contributed by atoms with Crippen molar-refractivity contribution in [1.82, 2.24) is 5.32 Å². The highest BCUT2D eigenvalue weighted by atomic mass is 16.5. The highest BCUT2D eigenvalue weighted by Gasteiger charge is 2.24. The number of rotatable bonds is 7. The molecule has 3 heteroatoms. The average Bonchev–Trinajstić information content (AvgIpc) is 2.51. The minimum atomic E-state index is -0.360. The Morgan fingerprint density at radius 2 is 1.95 bits per heavy atom. The van der Waals surface area contributed by atoms with Crippen molar-refractivity contribution in [2.24, 2.45) is 11.8 Å². The molecule has 124 valence electrons. The second-order valence-electron chi connectivity index (χ2n) is 7.35. The van der Waals surface area contributed by atoms with Crippen LogP contribution < -0.4 is 5.32 Å². The normalized spacial score (nSPS) is 35.6. The first kappa shape index (κ1) is 17.2. The van der Waals surface area contributed by atoms with Crippen molar-refractivity contribution in [1.29, 1.82) is 0 Å². The predicted octanol–water partition coefficient (Wildman–Crippen LogP) is 3.50. The monoisotopic (exact) mass is 297 g/mol. The zero-order valence-corrected chi connectivity index (χ0v) is 14.0. The van der Waals surface area contributed by atoms with E-state index < -0.39 is 0 Å². The standard InChI is InChI=1S/C18H35NO2/c1-3-15-8-4-5-10-18(15)19-12-16(20)13-21-17-9-6-7-14(2)11-17/h14-20H,3-13H2,1-2H3. The van der Waals surface area contributed by atoms with Gasteiger partial charge in [0, 0.05) is 12.6 Å². The van der Waals surface area contributed by atoms with Gasteiger partial charge in [0.15, 0.2) is 0 Å². The molecule has 5 unspecified atom stereocenters. The van der Waals surface area contributed by atoms with Gasteiger partial charge in [-0.2, -0.15) is 0 Å². The van der Waals surface area contributed by atoms with Crippen LogP contribution in [0.4, 0.5) is 0 Å². The van der Waals surface area contributed by atoms with Gasteiger partial charge >= 0.3 is 0 Å². The van der Waals surface area contributed by atoms with Crippen molar-refractivity contribution in [3.8, 4) is 0 Å². The van der Waals surface area contributed by atoms with Crippen molar-refractivity contribution in [3.05, 3.63) is 0 Å². The molecular formula is C18H35NO2. The van der Waals surface area contributed by atoms with Gasteiger partial charge in [0.25, 0.3) is 0 Å². The molecule has 0 amide bonds. The van der Waals surface area contributed by atoms with Crippen LogP contribution in [0.25, 0.3) is 0 Å². The molecule has 2 aliphatic rings. The Morgan fingerprint density at radius 3 is 2.71 bits per heavy atom. The van der Waals surface area contributed by atoms with E-state index in [9.17, 15) is 5.11 Å². The highest BCUT2D eigenvalue weighted by Crippen LogP contribution is 2.27. The fourth-order valence-corrected chi connectivity index (χ4v) is 4.09. The summed E-state index contributed by atoms with van der Waals surface area (Å²) in [6.07, 6.45) is 11.6. The molecule has 2 fully saturated rings. The van der Waals surface area contributed by atoms with Crippen LogP contribution in [-0.2, 0) is 4.74 Å². The van der Waals surface area contributed by atoms with E-state index in [1.54, 1.807) is 0 Å². The van der Waals surface area contributed by atoms with E-state index in [0.29, 0.717) is 25.3 Å². The van der Waals surface area contributed by atoms with Crippen LogP contribution in [0.15, 0.2) is 0 Å². The van der Waals surface area contributed by atoms with Crippen molar-refractivity contribution in [2.45, 2.75) is 89.9 Å².